The molecule has 0 aliphatic heterocycles. The lowest BCUT2D eigenvalue weighted by molar-refractivity contribution is -0.140. The van der Waals surface area contributed by atoms with Crippen LogP contribution in [0.3, 0.4) is 0 Å². The molecule has 0 saturated heterocycles. The van der Waals surface area contributed by atoms with Crippen molar-refractivity contribution in [2.45, 2.75) is 13.3 Å². The number of sulfonamides is 1. The standard InChI is InChI=1S/C12H17NO4S/c1-10(12(14)15)9-13-18(16,17)8-7-11-5-3-2-4-6-11/h2-6,10,13H,7-9H2,1H3,(H,14,15). The fraction of sp³-hybridized carbons (Fsp3) is 0.417. The Hall–Kier alpha value is -1.40. The van der Waals surface area contributed by atoms with Gasteiger partial charge in [-0.3, -0.25) is 4.79 Å². The van der Waals surface area contributed by atoms with Crippen LogP contribution >= 0.6 is 0 Å². The molecule has 0 radical (unpaired) electrons. The Morgan fingerprint density at radius 1 is 1.33 bits per heavy atom. The van der Waals surface area contributed by atoms with Gasteiger partial charge in [0.15, 0.2) is 0 Å². The minimum atomic E-state index is -3.42. The summed E-state index contributed by atoms with van der Waals surface area (Å²) in [5.74, 6) is -1.78. The number of carboxylic acid groups (broad SMARTS) is 1. The molecule has 0 aromatic heterocycles. The maximum atomic E-state index is 11.6. The van der Waals surface area contributed by atoms with E-state index < -0.39 is 21.9 Å². The molecule has 2 N–H and O–H groups in total. The molecule has 1 atom stereocenters. The molecule has 1 unspecified atom stereocenters. The van der Waals surface area contributed by atoms with Crippen LogP contribution in [-0.4, -0.2) is 31.8 Å². The first kappa shape index (κ1) is 14.7. The van der Waals surface area contributed by atoms with Crippen LogP contribution in [-0.2, 0) is 21.2 Å². The van der Waals surface area contributed by atoms with Gasteiger partial charge in [0.05, 0.1) is 11.7 Å². The molecule has 1 aromatic carbocycles. The van der Waals surface area contributed by atoms with Gasteiger partial charge in [-0.15, -0.1) is 0 Å². The molecule has 100 valence electrons. The maximum Gasteiger partial charge on any atom is 0.307 e. The quantitative estimate of drug-likeness (QED) is 0.770. The second kappa shape index (κ2) is 6.51. The van der Waals surface area contributed by atoms with Gasteiger partial charge in [0.2, 0.25) is 10.0 Å². The molecular weight excluding hydrogens is 254 g/mol. The lowest BCUT2D eigenvalue weighted by Crippen LogP contribution is -2.33. The first-order chi connectivity index (χ1) is 8.41. The van der Waals surface area contributed by atoms with E-state index in [4.69, 9.17) is 5.11 Å². The highest BCUT2D eigenvalue weighted by atomic mass is 32.2. The van der Waals surface area contributed by atoms with Gasteiger partial charge in [-0.25, -0.2) is 13.1 Å². The van der Waals surface area contributed by atoms with Crippen LogP contribution in [0.5, 0.6) is 0 Å². The van der Waals surface area contributed by atoms with Gasteiger partial charge < -0.3 is 5.11 Å². The second-order valence-corrected chi connectivity index (χ2v) is 6.07. The van der Waals surface area contributed by atoms with E-state index in [1.807, 2.05) is 30.3 Å². The molecule has 18 heavy (non-hydrogen) atoms. The fourth-order valence-electron chi connectivity index (χ4n) is 1.31. The summed E-state index contributed by atoms with van der Waals surface area (Å²) >= 11 is 0. The van der Waals surface area contributed by atoms with Crippen LogP contribution in [0.25, 0.3) is 0 Å². The van der Waals surface area contributed by atoms with Crippen molar-refractivity contribution in [2.24, 2.45) is 5.92 Å². The third-order valence-electron chi connectivity index (χ3n) is 2.53. The number of carbonyl (C=O) groups is 1. The third kappa shape index (κ3) is 5.29. The molecule has 5 nitrogen and oxygen atoms in total. The topological polar surface area (TPSA) is 83.5 Å². The number of rotatable bonds is 7. The highest BCUT2D eigenvalue weighted by Gasteiger charge is 2.15. The zero-order valence-electron chi connectivity index (χ0n) is 10.2. The minimum absolute atomic E-state index is 0.0383. The molecule has 0 amide bonds. The normalized spacial score (nSPS) is 13.2. The first-order valence-corrected chi connectivity index (χ1v) is 7.30. The summed E-state index contributed by atoms with van der Waals surface area (Å²) in [6, 6.07) is 9.28. The molecule has 0 bridgehead atoms. The van der Waals surface area contributed by atoms with Crippen LogP contribution < -0.4 is 4.72 Å². The fourth-order valence-corrected chi connectivity index (χ4v) is 2.46. The summed E-state index contributed by atoms with van der Waals surface area (Å²) in [4.78, 5) is 10.6. The Bertz CT molecular complexity index is 484. The number of carboxylic acids is 1. The number of aryl methyl sites for hydroxylation is 1. The molecule has 0 aliphatic carbocycles. The summed E-state index contributed by atoms with van der Waals surface area (Å²) in [5, 5.41) is 8.65. The zero-order chi connectivity index (χ0) is 13.6. The smallest absolute Gasteiger partial charge is 0.307 e. The monoisotopic (exact) mass is 271 g/mol. The number of aliphatic carboxylic acids is 1. The molecule has 6 heteroatoms. The number of hydrogen-bond donors (Lipinski definition) is 2. The van der Waals surface area contributed by atoms with E-state index in [1.54, 1.807) is 0 Å². The average Bonchev–Trinajstić information content (AvgIpc) is 2.35. The predicted molar refractivity (Wildman–Crippen MR) is 68.7 cm³/mol. The van der Waals surface area contributed by atoms with Crippen molar-refractivity contribution in [2.75, 3.05) is 12.3 Å². The van der Waals surface area contributed by atoms with Crippen molar-refractivity contribution in [3.05, 3.63) is 35.9 Å². The summed E-state index contributed by atoms with van der Waals surface area (Å²) in [6.07, 6.45) is 0.414. The SMILES string of the molecule is CC(CNS(=O)(=O)CCc1ccccc1)C(=O)O. The first-order valence-electron chi connectivity index (χ1n) is 5.65. The van der Waals surface area contributed by atoms with Crippen LogP contribution in [0.4, 0.5) is 0 Å². The molecule has 1 rings (SSSR count). The van der Waals surface area contributed by atoms with E-state index in [2.05, 4.69) is 4.72 Å². The van der Waals surface area contributed by atoms with E-state index in [9.17, 15) is 13.2 Å². The highest BCUT2D eigenvalue weighted by molar-refractivity contribution is 7.89. The molecule has 0 heterocycles. The zero-order valence-corrected chi connectivity index (χ0v) is 11.0. The second-order valence-electron chi connectivity index (χ2n) is 4.14. The van der Waals surface area contributed by atoms with Gasteiger partial charge in [0.25, 0.3) is 0 Å². The van der Waals surface area contributed by atoms with Gasteiger partial charge in [-0.1, -0.05) is 37.3 Å². The van der Waals surface area contributed by atoms with E-state index >= 15 is 0 Å². The van der Waals surface area contributed by atoms with Crippen LogP contribution in [0.1, 0.15) is 12.5 Å². The van der Waals surface area contributed by atoms with Crippen LogP contribution in [0.2, 0.25) is 0 Å². The lowest BCUT2D eigenvalue weighted by Gasteiger charge is -2.09. The van der Waals surface area contributed by atoms with Gasteiger partial charge in [0, 0.05) is 6.54 Å². The summed E-state index contributed by atoms with van der Waals surface area (Å²) in [7, 11) is -3.42. The molecule has 0 fully saturated rings. The maximum absolute atomic E-state index is 11.6. The number of nitrogens with one attached hydrogen (secondary N) is 1. The lowest BCUT2D eigenvalue weighted by atomic mass is 10.2. The Balaban J connectivity index is 2.43. The van der Waals surface area contributed by atoms with E-state index in [-0.39, 0.29) is 12.3 Å². The van der Waals surface area contributed by atoms with Gasteiger partial charge in [-0.2, -0.15) is 0 Å². The van der Waals surface area contributed by atoms with Gasteiger partial charge in [-0.05, 0) is 12.0 Å². The van der Waals surface area contributed by atoms with E-state index in [0.29, 0.717) is 6.42 Å². The molecule has 0 spiro atoms. The Kier molecular flexibility index (Phi) is 5.30. The Morgan fingerprint density at radius 2 is 1.94 bits per heavy atom. The molecule has 0 aliphatic rings. The van der Waals surface area contributed by atoms with Crippen molar-refractivity contribution < 1.29 is 18.3 Å². The summed E-state index contributed by atoms with van der Waals surface area (Å²) in [5.41, 5.74) is 0.939. The number of benzene rings is 1. The molecular formula is C12H17NO4S. The highest BCUT2D eigenvalue weighted by Crippen LogP contribution is 2.02. The molecule has 0 saturated carbocycles. The summed E-state index contributed by atoms with van der Waals surface area (Å²) in [6.45, 7) is 1.38. The van der Waals surface area contributed by atoms with Crippen molar-refractivity contribution in [3.8, 4) is 0 Å². The van der Waals surface area contributed by atoms with Crippen LogP contribution in [0.15, 0.2) is 30.3 Å². The van der Waals surface area contributed by atoms with Crippen LogP contribution in [0, 0.1) is 5.92 Å². The van der Waals surface area contributed by atoms with Gasteiger partial charge in [0.1, 0.15) is 0 Å². The molecule has 1 aromatic rings. The average molecular weight is 271 g/mol. The van der Waals surface area contributed by atoms with E-state index in [0.717, 1.165) is 5.56 Å². The van der Waals surface area contributed by atoms with Crippen molar-refractivity contribution >= 4 is 16.0 Å². The number of hydrogen-bond acceptors (Lipinski definition) is 3. The van der Waals surface area contributed by atoms with Crippen molar-refractivity contribution in [1.29, 1.82) is 0 Å². The largest absolute Gasteiger partial charge is 0.481 e. The Morgan fingerprint density at radius 3 is 2.50 bits per heavy atom. The predicted octanol–water partition coefficient (Wildman–Crippen LogP) is 0.869. The summed E-state index contributed by atoms with van der Waals surface area (Å²) < 4.78 is 25.6. The third-order valence-corrected chi connectivity index (χ3v) is 3.88. The Labute approximate surface area is 107 Å². The van der Waals surface area contributed by atoms with Gasteiger partial charge >= 0.3 is 5.97 Å². The van der Waals surface area contributed by atoms with E-state index in [1.165, 1.54) is 6.92 Å². The minimum Gasteiger partial charge on any atom is -0.481 e. The van der Waals surface area contributed by atoms with Crippen molar-refractivity contribution in [3.63, 3.8) is 0 Å². The van der Waals surface area contributed by atoms with Crippen molar-refractivity contribution in [1.82, 2.24) is 4.72 Å².